The Bertz CT molecular complexity index is 563. The summed E-state index contributed by atoms with van der Waals surface area (Å²) in [5.41, 5.74) is 1.88. The Hall–Kier alpha value is -2.01. The third kappa shape index (κ3) is 3.01. The average Bonchev–Trinajstić information content (AvgIpc) is 2.31. The van der Waals surface area contributed by atoms with Crippen molar-refractivity contribution in [1.29, 1.82) is 0 Å². The molecule has 0 saturated carbocycles. The number of hydrogen-bond acceptors (Lipinski definition) is 4. The summed E-state index contributed by atoms with van der Waals surface area (Å²) in [6.45, 7) is 3.67. The molecule has 0 spiro atoms. The summed E-state index contributed by atoms with van der Waals surface area (Å²) < 4.78 is 0. The fourth-order valence-electron chi connectivity index (χ4n) is 1.37. The van der Waals surface area contributed by atoms with E-state index in [1.54, 1.807) is 25.3 Å². The zero-order chi connectivity index (χ0) is 13.1. The predicted octanol–water partition coefficient (Wildman–Crippen LogP) is 2.39. The van der Waals surface area contributed by atoms with E-state index in [0.29, 0.717) is 11.5 Å². The van der Waals surface area contributed by atoms with Crippen LogP contribution in [-0.2, 0) is 0 Å². The molecule has 6 heteroatoms. The molecule has 0 aromatic carbocycles. The fraction of sp³-hybridized carbons (Fsp3) is 0.167. The van der Waals surface area contributed by atoms with E-state index in [1.807, 2.05) is 13.0 Å². The second kappa shape index (κ2) is 5.10. The number of aryl methyl sites for hydroxylation is 2. The highest BCUT2D eigenvalue weighted by Gasteiger charge is 2.10. The van der Waals surface area contributed by atoms with Crippen LogP contribution in [0.15, 0.2) is 24.4 Å². The molecule has 0 bridgehead atoms. The Labute approximate surface area is 109 Å². The van der Waals surface area contributed by atoms with Gasteiger partial charge >= 0.3 is 0 Å². The number of aromatic nitrogens is 3. The van der Waals surface area contributed by atoms with Crippen molar-refractivity contribution in [3.8, 4) is 0 Å². The molecule has 2 heterocycles. The number of anilines is 1. The van der Waals surface area contributed by atoms with Crippen molar-refractivity contribution in [3.63, 3.8) is 0 Å². The summed E-state index contributed by atoms with van der Waals surface area (Å²) >= 11 is 5.70. The van der Waals surface area contributed by atoms with Crippen LogP contribution in [0.25, 0.3) is 0 Å². The predicted molar refractivity (Wildman–Crippen MR) is 68.7 cm³/mol. The Kier molecular flexibility index (Phi) is 3.53. The van der Waals surface area contributed by atoms with E-state index >= 15 is 0 Å². The van der Waals surface area contributed by atoms with Gasteiger partial charge in [-0.1, -0.05) is 6.07 Å². The van der Waals surface area contributed by atoms with Gasteiger partial charge in [-0.2, -0.15) is 0 Å². The summed E-state index contributed by atoms with van der Waals surface area (Å²) in [6, 6.07) is 5.15. The van der Waals surface area contributed by atoms with E-state index in [9.17, 15) is 4.79 Å². The number of rotatable bonds is 2. The van der Waals surface area contributed by atoms with Crippen LogP contribution < -0.4 is 5.32 Å². The van der Waals surface area contributed by atoms with Gasteiger partial charge in [-0.15, -0.1) is 0 Å². The lowest BCUT2D eigenvalue weighted by atomic mass is 10.3. The van der Waals surface area contributed by atoms with E-state index < -0.39 is 0 Å². The summed E-state index contributed by atoms with van der Waals surface area (Å²) in [6.07, 6.45) is 1.67. The molecule has 1 amide bonds. The Morgan fingerprint density at radius 2 is 2.06 bits per heavy atom. The number of carbonyl (C=O) groups excluding carboxylic acids is 1. The van der Waals surface area contributed by atoms with E-state index in [1.165, 1.54) is 0 Å². The van der Waals surface area contributed by atoms with Gasteiger partial charge in [0.1, 0.15) is 11.5 Å². The average molecular weight is 263 g/mol. The molecular formula is C12H11ClN4O. The number of carbonyl (C=O) groups is 1. The van der Waals surface area contributed by atoms with Crippen LogP contribution in [0, 0.1) is 13.8 Å². The third-order valence-corrected chi connectivity index (χ3v) is 2.38. The minimum atomic E-state index is -0.362. The second-order valence-electron chi connectivity index (χ2n) is 3.84. The first kappa shape index (κ1) is 12.4. The summed E-state index contributed by atoms with van der Waals surface area (Å²) in [5, 5.41) is 2.69. The monoisotopic (exact) mass is 262 g/mol. The molecule has 5 nitrogen and oxygen atoms in total. The molecule has 0 aliphatic carbocycles. The summed E-state index contributed by atoms with van der Waals surface area (Å²) in [5.74, 6) is 0.108. The molecule has 1 N–H and O–H groups in total. The zero-order valence-electron chi connectivity index (χ0n) is 9.94. The van der Waals surface area contributed by atoms with Crippen molar-refractivity contribution in [1.82, 2.24) is 15.0 Å². The number of nitrogens with one attached hydrogen (secondary N) is 1. The van der Waals surface area contributed by atoms with E-state index in [-0.39, 0.29) is 16.9 Å². The van der Waals surface area contributed by atoms with Crippen LogP contribution in [0.5, 0.6) is 0 Å². The maximum absolute atomic E-state index is 11.9. The van der Waals surface area contributed by atoms with Gasteiger partial charge in [-0.3, -0.25) is 4.79 Å². The standard InChI is InChI=1S/C12H11ClN4O/c1-7-3-4-10(14-6-7)17-11(18)9-5-8(2)15-12(13)16-9/h3-6H,1-2H3,(H,14,17,18). The smallest absolute Gasteiger partial charge is 0.275 e. The SMILES string of the molecule is Cc1ccc(NC(=O)c2cc(C)nc(Cl)n2)nc1. The Morgan fingerprint density at radius 1 is 1.28 bits per heavy atom. The van der Waals surface area contributed by atoms with Crippen molar-refractivity contribution in [3.05, 3.63) is 46.6 Å². The quantitative estimate of drug-likeness (QED) is 0.844. The van der Waals surface area contributed by atoms with Crippen molar-refractivity contribution >= 4 is 23.3 Å². The maximum Gasteiger partial charge on any atom is 0.275 e. The van der Waals surface area contributed by atoms with Crippen LogP contribution in [0.4, 0.5) is 5.82 Å². The van der Waals surface area contributed by atoms with Gasteiger partial charge in [0.05, 0.1) is 0 Å². The molecule has 92 valence electrons. The minimum absolute atomic E-state index is 0.0528. The summed E-state index contributed by atoms with van der Waals surface area (Å²) in [4.78, 5) is 23.7. The largest absolute Gasteiger partial charge is 0.305 e. The second-order valence-corrected chi connectivity index (χ2v) is 4.18. The molecule has 0 fully saturated rings. The molecule has 18 heavy (non-hydrogen) atoms. The van der Waals surface area contributed by atoms with Gasteiger partial charge in [0.2, 0.25) is 5.28 Å². The number of pyridine rings is 1. The Balaban J connectivity index is 2.19. The van der Waals surface area contributed by atoms with Gasteiger partial charge in [-0.25, -0.2) is 15.0 Å². The van der Waals surface area contributed by atoms with Crippen LogP contribution in [0.1, 0.15) is 21.7 Å². The molecule has 2 aromatic heterocycles. The van der Waals surface area contributed by atoms with Gasteiger partial charge in [-0.05, 0) is 43.1 Å². The molecule has 0 unspecified atom stereocenters. The van der Waals surface area contributed by atoms with Crippen LogP contribution in [0.3, 0.4) is 0 Å². The first-order valence-electron chi connectivity index (χ1n) is 5.30. The number of amides is 1. The van der Waals surface area contributed by atoms with E-state index in [4.69, 9.17) is 11.6 Å². The number of nitrogens with zero attached hydrogens (tertiary/aromatic N) is 3. The topological polar surface area (TPSA) is 67.8 Å². The first-order chi connectivity index (χ1) is 8.54. The van der Waals surface area contributed by atoms with Gasteiger partial charge < -0.3 is 5.32 Å². The fourth-order valence-corrected chi connectivity index (χ4v) is 1.60. The Morgan fingerprint density at radius 3 is 2.67 bits per heavy atom. The highest BCUT2D eigenvalue weighted by atomic mass is 35.5. The molecule has 0 aliphatic heterocycles. The molecule has 2 rings (SSSR count). The van der Waals surface area contributed by atoms with Crippen LogP contribution >= 0.6 is 11.6 Å². The van der Waals surface area contributed by atoms with Crippen molar-refractivity contribution < 1.29 is 4.79 Å². The van der Waals surface area contributed by atoms with Gasteiger partial charge in [0, 0.05) is 11.9 Å². The first-order valence-corrected chi connectivity index (χ1v) is 5.67. The lowest BCUT2D eigenvalue weighted by Gasteiger charge is -2.04. The molecular weight excluding hydrogens is 252 g/mol. The highest BCUT2D eigenvalue weighted by molar-refractivity contribution is 6.28. The van der Waals surface area contributed by atoms with E-state index in [2.05, 4.69) is 20.3 Å². The normalized spacial score (nSPS) is 10.2. The van der Waals surface area contributed by atoms with Gasteiger partial charge in [0.25, 0.3) is 5.91 Å². The molecule has 0 saturated heterocycles. The van der Waals surface area contributed by atoms with Crippen LogP contribution in [-0.4, -0.2) is 20.9 Å². The van der Waals surface area contributed by atoms with Gasteiger partial charge in [0.15, 0.2) is 0 Å². The van der Waals surface area contributed by atoms with E-state index in [0.717, 1.165) is 5.56 Å². The number of halogens is 1. The number of hydrogen-bond donors (Lipinski definition) is 1. The molecule has 2 aromatic rings. The van der Waals surface area contributed by atoms with Crippen molar-refractivity contribution in [2.24, 2.45) is 0 Å². The highest BCUT2D eigenvalue weighted by Crippen LogP contribution is 2.09. The minimum Gasteiger partial charge on any atom is -0.305 e. The van der Waals surface area contributed by atoms with Crippen molar-refractivity contribution in [2.45, 2.75) is 13.8 Å². The molecule has 0 atom stereocenters. The zero-order valence-corrected chi connectivity index (χ0v) is 10.7. The lowest BCUT2D eigenvalue weighted by Crippen LogP contribution is -2.15. The molecule has 0 radical (unpaired) electrons. The van der Waals surface area contributed by atoms with Crippen molar-refractivity contribution in [2.75, 3.05) is 5.32 Å². The third-order valence-electron chi connectivity index (χ3n) is 2.21. The summed E-state index contributed by atoms with van der Waals surface area (Å²) in [7, 11) is 0. The maximum atomic E-state index is 11.9. The lowest BCUT2D eigenvalue weighted by molar-refractivity contribution is 0.102. The van der Waals surface area contributed by atoms with Crippen LogP contribution in [0.2, 0.25) is 5.28 Å². The molecule has 0 aliphatic rings.